The number of allylic oxidation sites excluding steroid dienone is 4. The van der Waals surface area contributed by atoms with Crippen LogP contribution in [0.4, 0.5) is 0 Å². The molecule has 5 heteroatoms. The number of hydrogen-bond donors (Lipinski definition) is 1. The largest absolute Gasteiger partial charge is 0.476 e. The molecule has 1 fully saturated rings. The Morgan fingerprint density at radius 1 is 1.38 bits per heavy atom. The zero-order chi connectivity index (χ0) is 11.1. The van der Waals surface area contributed by atoms with Crippen LogP contribution in [0.15, 0.2) is 53.0 Å². The molecule has 5 nitrogen and oxygen atoms in total. The number of aliphatic carboxylic acids is 1. The summed E-state index contributed by atoms with van der Waals surface area (Å²) in [5.74, 6) is -0.0530. The summed E-state index contributed by atoms with van der Waals surface area (Å²) in [5, 5.41) is 8.93. The summed E-state index contributed by atoms with van der Waals surface area (Å²) in [6.07, 6.45) is 10.7. The first-order valence-electron chi connectivity index (χ1n) is 4.80. The molecule has 16 heavy (non-hydrogen) atoms. The van der Waals surface area contributed by atoms with Crippen LogP contribution in [0.3, 0.4) is 0 Å². The number of carboxylic acid groups (broad SMARTS) is 1. The van der Waals surface area contributed by atoms with E-state index >= 15 is 0 Å². The first kappa shape index (κ1) is 8.96. The van der Waals surface area contributed by atoms with Crippen LogP contribution in [0.1, 0.15) is 0 Å². The topological polar surface area (TPSA) is 65.4 Å². The van der Waals surface area contributed by atoms with Crippen LogP contribution in [0.2, 0.25) is 0 Å². The van der Waals surface area contributed by atoms with E-state index in [4.69, 9.17) is 9.84 Å². The molecule has 3 aliphatic heterocycles. The van der Waals surface area contributed by atoms with Crippen molar-refractivity contribution in [1.29, 1.82) is 0 Å². The van der Waals surface area contributed by atoms with Gasteiger partial charge in [0.15, 0.2) is 11.5 Å². The zero-order valence-corrected chi connectivity index (χ0v) is 8.20. The van der Waals surface area contributed by atoms with Crippen molar-refractivity contribution in [2.75, 3.05) is 0 Å². The second-order valence-electron chi connectivity index (χ2n) is 3.45. The van der Waals surface area contributed by atoms with Crippen molar-refractivity contribution in [3.05, 3.63) is 48.0 Å². The number of amidine groups is 1. The van der Waals surface area contributed by atoms with Crippen molar-refractivity contribution in [3.63, 3.8) is 0 Å². The zero-order valence-electron chi connectivity index (χ0n) is 8.20. The Labute approximate surface area is 91.3 Å². The molecule has 0 amide bonds. The lowest BCUT2D eigenvalue weighted by atomic mass is 10.2. The van der Waals surface area contributed by atoms with Gasteiger partial charge in [-0.2, -0.15) is 0 Å². The Bertz CT molecular complexity index is 511. The number of aliphatic imine (C=N–C) groups is 1. The first-order chi connectivity index (χ1) is 7.77. The van der Waals surface area contributed by atoms with Gasteiger partial charge in [-0.05, 0) is 12.2 Å². The van der Waals surface area contributed by atoms with E-state index in [-0.39, 0.29) is 11.9 Å². The molecule has 1 unspecified atom stereocenters. The third-order valence-electron chi connectivity index (χ3n) is 2.41. The van der Waals surface area contributed by atoms with Crippen LogP contribution in [-0.2, 0) is 9.53 Å². The highest BCUT2D eigenvalue weighted by Gasteiger charge is 2.47. The fourth-order valence-electron chi connectivity index (χ4n) is 1.63. The summed E-state index contributed by atoms with van der Waals surface area (Å²) >= 11 is 0. The lowest BCUT2D eigenvalue weighted by Crippen LogP contribution is -2.30. The number of epoxide rings is 1. The van der Waals surface area contributed by atoms with Gasteiger partial charge in [-0.15, -0.1) is 0 Å². The van der Waals surface area contributed by atoms with Gasteiger partial charge in [-0.1, -0.05) is 18.2 Å². The van der Waals surface area contributed by atoms with Crippen molar-refractivity contribution in [2.45, 2.75) is 6.23 Å². The van der Waals surface area contributed by atoms with Crippen LogP contribution in [0.25, 0.3) is 0 Å². The second-order valence-corrected chi connectivity index (χ2v) is 3.45. The molecule has 0 radical (unpaired) electrons. The highest BCUT2D eigenvalue weighted by molar-refractivity contribution is 6.01. The van der Waals surface area contributed by atoms with Gasteiger partial charge in [0.25, 0.3) is 0 Å². The predicted molar refractivity (Wildman–Crippen MR) is 56.2 cm³/mol. The van der Waals surface area contributed by atoms with E-state index in [1.54, 1.807) is 11.0 Å². The Kier molecular flexibility index (Phi) is 1.73. The SMILES string of the molecule is O=C(O)C1=C2OC2N2C=CC=CC=CC2=N1. The van der Waals surface area contributed by atoms with Crippen molar-refractivity contribution >= 4 is 11.8 Å². The number of nitrogens with zero attached hydrogens (tertiary/aromatic N) is 2. The van der Waals surface area contributed by atoms with Crippen LogP contribution >= 0.6 is 0 Å². The van der Waals surface area contributed by atoms with Crippen molar-refractivity contribution < 1.29 is 14.6 Å². The Morgan fingerprint density at radius 3 is 3.00 bits per heavy atom. The van der Waals surface area contributed by atoms with Crippen LogP contribution in [0.5, 0.6) is 0 Å². The van der Waals surface area contributed by atoms with Gasteiger partial charge in [0.2, 0.25) is 6.23 Å². The molecule has 3 aliphatic rings. The third-order valence-corrected chi connectivity index (χ3v) is 2.41. The molecule has 0 bridgehead atoms. The van der Waals surface area contributed by atoms with E-state index in [1.807, 2.05) is 30.5 Å². The monoisotopic (exact) mass is 216 g/mol. The Balaban J connectivity index is 2.05. The van der Waals surface area contributed by atoms with Crippen LogP contribution in [-0.4, -0.2) is 28.0 Å². The molecule has 80 valence electrons. The standard InChI is InChI=1S/C11H8N2O3/c14-11(15)8-9-10(16-9)13-6-4-2-1-3-5-7(13)12-8/h1-6,10H,(H,14,15). The van der Waals surface area contributed by atoms with Gasteiger partial charge in [-0.25, -0.2) is 9.79 Å². The maximum absolute atomic E-state index is 10.9. The van der Waals surface area contributed by atoms with E-state index in [2.05, 4.69) is 4.99 Å². The van der Waals surface area contributed by atoms with E-state index < -0.39 is 5.97 Å². The maximum Gasteiger partial charge on any atom is 0.358 e. The Hall–Kier alpha value is -2.30. The van der Waals surface area contributed by atoms with Crippen molar-refractivity contribution in [2.24, 2.45) is 4.99 Å². The highest BCUT2D eigenvalue weighted by Crippen LogP contribution is 2.38. The van der Waals surface area contributed by atoms with Gasteiger partial charge >= 0.3 is 5.97 Å². The van der Waals surface area contributed by atoms with Gasteiger partial charge in [0, 0.05) is 6.20 Å². The number of hydrogen-bond acceptors (Lipinski definition) is 4. The van der Waals surface area contributed by atoms with Crippen LogP contribution in [0, 0.1) is 0 Å². The number of carbonyl (C=O) groups is 1. The molecule has 0 aliphatic carbocycles. The molecule has 0 spiro atoms. The van der Waals surface area contributed by atoms with E-state index in [1.165, 1.54) is 0 Å². The summed E-state index contributed by atoms with van der Waals surface area (Å²) in [4.78, 5) is 16.7. The molecule has 0 aromatic heterocycles. The van der Waals surface area contributed by atoms with Gasteiger partial charge in [-0.3, -0.25) is 4.90 Å². The molecule has 1 atom stereocenters. The van der Waals surface area contributed by atoms with Crippen molar-refractivity contribution in [3.8, 4) is 0 Å². The van der Waals surface area contributed by atoms with Crippen LogP contribution < -0.4 is 0 Å². The molecule has 1 N–H and O–H groups in total. The molecular weight excluding hydrogens is 208 g/mol. The number of rotatable bonds is 1. The molecule has 3 heterocycles. The lowest BCUT2D eigenvalue weighted by molar-refractivity contribution is -0.132. The molecule has 0 aromatic rings. The quantitative estimate of drug-likeness (QED) is 0.664. The van der Waals surface area contributed by atoms with Gasteiger partial charge in [0.1, 0.15) is 5.84 Å². The minimum atomic E-state index is -1.06. The normalized spacial score (nSPS) is 25.1. The Morgan fingerprint density at radius 2 is 2.19 bits per heavy atom. The fourth-order valence-corrected chi connectivity index (χ4v) is 1.63. The molecule has 1 saturated heterocycles. The number of fused-ring (bicyclic) bond motifs is 3. The summed E-state index contributed by atoms with van der Waals surface area (Å²) in [6.45, 7) is 0. The molecule has 0 aromatic carbocycles. The molecule has 0 saturated carbocycles. The molecular formula is C11H8N2O3. The van der Waals surface area contributed by atoms with Crippen molar-refractivity contribution in [1.82, 2.24) is 4.90 Å². The summed E-state index contributed by atoms with van der Waals surface area (Å²) in [6, 6.07) is 0. The fraction of sp³-hybridized carbons (Fsp3) is 0.0909. The average Bonchev–Trinajstić information content (AvgIpc) is 2.96. The highest BCUT2D eigenvalue weighted by atomic mass is 16.6. The molecule has 3 rings (SSSR count). The van der Waals surface area contributed by atoms with Gasteiger partial charge < -0.3 is 9.84 Å². The minimum absolute atomic E-state index is 0.00106. The maximum atomic E-state index is 10.9. The third kappa shape index (κ3) is 1.25. The van der Waals surface area contributed by atoms with E-state index in [0.29, 0.717) is 11.6 Å². The minimum Gasteiger partial charge on any atom is -0.476 e. The van der Waals surface area contributed by atoms with Gasteiger partial charge in [0.05, 0.1) is 0 Å². The smallest absolute Gasteiger partial charge is 0.358 e. The lowest BCUT2D eigenvalue weighted by Gasteiger charge is -2.18. The van der Waals surface area contributed by atoms with E-state index in [9.17, 15) is 4.79 Å². The second kappa shape index (κ2) is 3.10. The van der Waals surface area contributed by atoms with E-state index in [0.717, 1.165) is 0 Å². The summed E-state index contributed by atoms with van der Waals surface area (Å²) in [5.41, 5.74) is -0.00106. The summed E-state index contributed by atoms with van der Waals surface area (Å²) in [7, 11) is 0. The first-order valence-corrected chi connectivity index (χ1v) is 4.80. The number of carboxylic acids is 1. The predicted octanol–water partition coefficient (Wildman–Crippen LogP) is 0.993. The summed E-state index contributed by atoms with van der Waals surface area (Å²) < 4.78 is 5.22. The average molecular weight is 216 g/mol. The number of ether oxygens (including phenoxy) is 1.